The molecule has 5 rings (SSSR count). The minimum atomic E-state index is -0.00451. The van der Waals surface area contributed by atoms with Gasteiger partial charge in [0.15, 0.2) is 6.61 Å². The van der Waals surface area contributed by atoms with Crippen LogP contribution >= 0.6 is 0 Å². The summed E-state index contributed by atoms with van der Waals surface area (Å²) in [6.07, 6.45) is 4.00. The summed E-state index contributed by atoms with van der Waals surface area (Å²) in [5.41, 5.74) is 1.86. The van der Waals surface area contributed by atoms with Crippen LogP contribution in [0.3, 0.4) is 0 Å². The third kappa shape index (κ3) is 4.23. The van der Waals surface area contributed by atoms with E-state index in [4.69, 9.17) is 9.15 Å². The molecule has 3 aromatic rings. The first-order chi connectivity index (χ1) is 15.2. The van der Waals surface area contributed by atoms with Crippen molar-refractivity contribution in [3.05, 3.63) is 54.0 Å². The summed E-state index contributed by atoms with van der Waals surface area (Å²) in [6, 6.07) is 11.6. The first-order valence-corrected chi connectivity index (χ1v) is 10.7. The van der Waals surface area contributed by atoms with Crippen LogP contribution < -0.4 is 9.64 Å². The normalized spacial score (nSPS) is 16.4. The molecule has 0 unspecified atom stereocenters. The van der Waals surface area contributed by atoms with E-state index in [1.807, 2.05) is 48.2 Å². The summed E-state index contributed by atoms with van der Waals surface area (Å²) in [5, 5.41) is 8.44. The van der Waals surface area contributed by atoms with Gasteiger partial charge in [0, 0.05) is 38.3 Å². The number of piperazine rings is 1. The van der Waals surface area contributed by atoms with Crippen molar-refractivity contribution in [2.75, 3.05) is 37.7 Å². The fraction of sp³-hybridized carbons (Fsp3) is 0.391. The second-order valence-corrected chi connectivity index (χ2v) is 8.02. The smallest absolute Gasteiger partial charge is 0.260 e. The maximum absolute atomic E-state index is 12.6. The van der Waals surface area contributed by atoms with Crippen molar-refractivity contribution in [2.24, 2.45) is 0 Å². The van der Waals surface area contributed by atoms with Crippen molar-refractivity contribution in [1.29, 1.82) is 0 Å². The molecule has 1 saturated carbocycles. The molecule has 0 radical (unpaired) electrons. The maximum atomic E-state index is 12.6. The number of pyridine rings is 1. The van der Waals surface area contributed by atoms with E-state index in [9.17, 15) is 4.79 Å². The van der Waals surface area contributed by atoms with Crippen molar-refractivity contribution < 1.29 is 13.9 Å². The van der Waals surface area contributed by atoms with Gasteiger partial charge in [-0.15, -0.1) is 10.2 Å². The minimum absolute atomic E-state index is 0.00451. The molecule has 160 valence electrons. The number of para-hydroxylation sites is 1. The monoisotopic (exact) mass is 419 g/mol. The van der Waals surface area contributed by atoms with E-state index in [2.05, 4.69) is 20.1 Å². The lowest BCUT2D eigenvalue weighted by Crippen LogP contribution is -2.50. The summed E-state index contributed by atoms with van der Waals surface area (Å²) in [4.78, 5) is 21.2. The van der Waals surface area contributed by atoms with Gasteiger partial charge in [0.1, 0.15) is 11.6 Å². The van der Waals surface area contributed by atoms with Crippen molar-refractivity contribution in [2.45, 2.75) is 25.7 Å². The molecule has 1 aliphatic heterocycles. The first kappa shape index (κ1) is 19.5. The van der Waals surface area contributed by atoms with Crippen molar-refractivity contribution in [1.82, 2.24) is 20.1 Å². The molecule has 0 N–H and O–H groups in total. The van der Waals surface area contributed by atoms with E-state index in [1.165, 1.54) is 0 Å². The highest BCUT2D eigenvalue weighted by Gasteiger charge is 2.31. The predicted molar refractivity (Wildman–Crippen MR) is 115 cm³/mol. The molecule has 3 heterocycles. The highest BCUT2D eigenvalue weighted by Crippen LogP contribution is 2.40. The number of hydrogen-bond acceptors (Lipinski definition) is 7. The zero-order chi connectivity index (χ0) is 21.2. The number of rotatable bonds is 6. The third-order valence-corrected chi connectivity index (χ3v) is 5.76. The predicted octanol–water partition coefficient (Wildman–Crippen LogP) is 3.05. The summed E-state index contributed by atoms with van der Waals surface area (Å²) in [7, 11) is 0. The van der Waals surface area contributed by atoms with Gasteiger partial charge in [0.25, 0.3) is 11.8 Å². The lowest BCUT2D eigenvalue weighted by molar-refractivity contribution is -0.133. The van der Waals surface area contributed by atoms with Gasteiger partial charge in [-0.05, 0) is 43.5 Å². The number of carbonyl (C=O) groups excluding carboxylic acids is 1. The molecule has 2 aliphatic rings. The number of hydrogen-bond donors (Lipinski definition) is 0. The molecule has 1 aliphatic carbocycles. The Balaban J connectivity index is 1.21. The number of benzene rings is 1. The lowest BCUT2D eigenvalue weighted by atomic mass is 10.2. The lowest BCUT2D eigenvalue weighted by Gasteiger charge is -2.35. The second-order valence-electron chi connectivity index (χ2n) is 8.02. The number of aromatic nitrogens is 3. The molecule has 8 nitrogen and oxygen atoms in total. The Kier molecular flexibility index (Phi) is 5.28. The largest absolute Gasteiger partial charge is 0.484 e. The molecule has 2 aromatic heterocycles. The van der Waals surface area contributed by atoms with E-state index in [-0.39, 0.29) is 12.5 Å². The highest BCUT2D eigenvalue weighted by atomic mass is 16.5. The Morgan fingerprint density at radius 1 is 1.10 bits per heavy atom. The zero-order valence-electron chi connectivity index (χ0n) is 17.5. The van der Waals surface area contributed by atoms with Gasteiger partial charge >= 0.3 is 0 Å². The average molecular weight is 419 g/mol. The quantitative estimate of drug-likeness (QED) is 0.607. The van der Waals surface area contributed by atoms with Gasteiger partial charge in [0.05, 0.1) is 5.56 Å². The number of nitrogens with zero attached hydrogens (tertiary/aromatic N) is 5. The van der Waals surface area contributed by atoms with Crippen molar-refractivity contribution in [3.8, 4) is 17.2 Å². The van der Waals surface area contributed by atoms with Crippen LogP contribution in [0.1, 0.15) is 30.2 Å². The van der Waals surface area contributed by atoms with Crippen LogP contribution in [0.25, 0.3) is 11.5 Å². The number of anilines is 1. The molecular weight excluding hydrogens is 394 g/mol. The van der Waals surface area contributed by atoms with Crippen LogP contribution in [0.4, 0.5) is 5.82 Å². The summed E-state index contributed by atoms with van der Waals surface area (Å²) < 4.78 is 11.6. The Morgan fingerprint density at radius 3 is 2.68 bits per heavy atom. The van der Waals surface area contributed by atoms with E-state index >= 15 is 0 Å². The summed E-state index contributed by atoms with van der Waals surface area (Å²) >= 11 is 0. The minimum Gasteiger partial charge on any atom is -0.484 e. The van der Waals surface area contributed by atoms with E-state index < -0.39 is 0 Å². The SMILES string of the molecule is Cc1ccccc1OCC(=O)N1CCN(c2ncccc2-c2nnc(C3CC3)o2)CC1. The first-order valence-electron chi connectivity index (χ1n) is 10.7. The third-order valence-electron chi connectivity index (χ3n) is 5.76. The van der Waals surface area contributed by atoms with Crippen LogP contribution in [0.15, 0.2) is 47.0 Å². The van der Waals surface area contributed by atoms with Crippen molar-refractivity contribution in [3.63, 3.8) is 0 Å². The topological polar surface area (TPSA) is 84.6 Å². The molecule has 8 heteroatoms. The van der Waals surface area contributed by atoms with Gasteiger partial charge in [-0.25, -0.2) is 4.98 Å². The van der Waals surface area contributed by atoms with Gasteiger partial charge in [-0.1, -0.05) is 18.2 Å². The Labute approximate surface area is 180 Å². The molecule has 1 amide bonds. The fourth-order valence-electron chi connectivity index (χ4n) is 3.77. The molecule has 2 fully saturated rings. The average Bonchev–Trinajstić information content (AvgIpc) is 3.55. The van der Waals surface area contributed by atoms with E-state index in [0.29, 0.717) is 43.9 Å². The summed E-state index contributed by atoms with van der Waals surface area (Å²) in [6.45, 7) is 4.62. The molecule has 31 heavy (non-hydrogen) atoms. The maximum Gasteiger partial charge on any atom is 0.260 e. The number of aryl methyl sites for hydroxylation is 1. The van der Waals surface area contributed by atoms with Crippen LogP contribution in [-0.4, -0.2) is 58.8 Å². The Bertz CT molecular complexity index is 1070. The van der Waals surface area contributed by atoms with Gasteiger partial charge in [-0.3, -0.25) is 4.79 Å². The van der Waals surface area contributed by atoms with Crippen molar-refractivity contribution >= 4 is 11.7 Å². The molecule has 0 atom stereocenters. The Morgan fingerprint density at radius 2 is 1.90 bits per heavy atom. The zero-order valence-corrected chi connectivity index (χ0v) is 17.5. The molecular formula is C23H25N5O3. The molecule has 1 saturated heterocycles. The standard InChI is InChI=1S/C23H25N5O3/c1-16-5-2-3-7-19(16)30-15-20(29)27-11-13-28(14-12-27)21-18(6-4-10-24-21)23-26-25-22(31-23)17-8-9-17/h2-7,10,17H,8-9,11-15H2,1H3. The van der Waals surface area contributed by atoms with Crippen LogP contribution in [0, 0.1) is 6.92 Å². The van der Waals surface area contributed by atoms with E-state index in [0.717, 1.165) is 35.5 Å². The van der Waals surface area contributed by atoms with Crippen LogP contribution in [0.5, 0.6) is 5.75 Å². The highest BCUT2D eigenvalue weighted by molar-refractivity contribution is 5.78. The second kappa shape index (κ2) is 8.37. The number of carbonyl (C=O) groups is 1. The van der Waals surface area contributed by atoms with Gasteiger partial charge < -0.3 is 19.0 Å². The van der Waals surface area contributed by atoms with Crippen LogP contribution in [0.2, 0.25) is 0 Å². The van der Waals surface area contributed by atoms with Gasteiger partial charge in [0.2, 0.25) is 5.89 Å². The molecule has 0 spiro atoms. The van der Waals surface area contributed by atoms with Crippen LogP contribution in [-0.2, 0) is 4.79 Å². The van der Waals surface area contributed by atoms with Gasteiger partial charge in [-0.2, -0.15) is 0 Å². The number of ether oxygens (including phenoxy) is 1. The number of amides is 1. The van der Waals surface area contributed by atoms with E-state index in [1.54, 1.807) is 6.20 Å². The summed E-state index contributed by atoms with van der Waals surface area (Å²) in [5.74, 6) is 3.20. The Hall–Kier alpha value is -3.42. The fourth-order valence-corrected chi connectivity index (χ4v) is 3.77. The molecule has 1 aromatic carbocycles. The molecule has 0 bridgehead atoms.